The fourth-order valence-electron chi connectivity index (χ4n) is 4.78. The van der Waals surface area contributed by atoms with Crippen molar-refractivity contribution in [3.63, 3.8) is 0 Å². The third-order valence-corrected chi connectivity index (χ3v) is 8.79. The van der Waals surface area contributed by atoms with E-state index in [0.29, 0.717) is 0 Å². The lowest BCUT2D eigenvalue weighted by Gasteiger charge is -2.35. The maximum absolute atomic E-state index is 15.0. The molecule has 0 saturated carbocycles. The summed E-state index contributed by atoms with van der Waals surface area (Å²) in [5.74, 6) is -1.62. The molecule has 0 aromatic heterocycles. The van der Waals surface area contributed by atoms with Crippen molar-refractivity contribution in [2.75, 3.05) is 10.8 Å². The number of anilines is 1. The maximum atomic E-state index is 15.0. The van der Waals surface area contributed by atoms with E-state index in [-0.39, 0.29) is 29.1 Å². The summed E-state index contributed by atoms with van der Waals surface area (Å²) in [6.07, 6.45) is 0.138. The van der Waals surface area contributed by atoms with Gasteiger partial charge in [-0.2, -0.15) is 0 Å². The Morgan fingerprint density at radius 2 is 1.39 bits per heavy atom. The van der Waals surface area contributed by atoms with Gasteiger partial charge in [-0.05, 0) is 63.6 Å². The van der Waals surface area contributed by atoms with Gasteiger partial charge in [0.25, 0.3) is 10.0 Å². The van der Waals surface area contributed by atoms with Gasteiger partial charge >= 0.3 is 0 Å². The third kappa shape index (κ3) is 8.32. The molecule has 0 aliphatic carbocycles. The van der Waals surface area contributed by atoms with Crippen molar-refractivity contribution in [3.05, 3.63) is 132 Å². The minimum Gasteiger partial charge on any atom is -0.350 e. The zero-order valence-electron chi connectivity index (χ0n) is 25.4. The fourth-order valence-corrected chi connectivity index (χ4v) is 6.19. The number of aryl methyl sites for hydroxylation is 1. The van der Waals surface area contributed by atoms with Crippen LogP contribution >= 0.6 is 0 Å². The fraction of sp³-hybridized carbons (Fsp3) is 0.257. The van der Waals surface area contributed by atoms with Crippen molar-refractivity contribution in [2.45, 2.75) is 57.1 Å². The number of hydrogen-bond donors (Lipinski definition) is 1. The van der Waals surface area contributed by atoms with Crippen LogP contribution in [0.1, 0.15) is 37.5 Å². The Kier molecular flexibility index (Phi) is 10.2. The molecule has 4 aromatic rings. The van der Waals surface area contributed by atoms with E-state index in [1.807, 2.05) is 58.0 Å². The lowest BCUT2D eigenvalue weighted by atomic mass is 10.0. The molecule has 0 spiro atoms. The Morgan fingerprint density at radius 1 is 0.818 bits per heavy atom. The number of nitrogens with zero attached hydrogens (tertiary/aromatic N) is 2. The molecule has 0 aliphatic heterocycles. The van der Waals surface area contributed by atoms with E-state index in [1.54, 1.807) is 60.7 Å². The summed E-state index contributed by atoms with van der Waals surface area (Å²) in [6.45, 7) is 6.50. The molecule has 2 amide bonds. The molecule has 9 heteroatoms. The highest BCUT2D eigenvalue weighted by Gasteiger charge is 2.36. The second-order valence-corrected chi connectivity index (χ2v) is 13.6. The number of carbonyl (C=O) groups is 2. The summed E-state index contributed by atoms with van der Waals surface area (Å²) >= 11 is 0. The number of carbonyl (C=O) groups excluding carboxylic acids is 2. The Hall–Kier alpha value is -4.50. The summed E-state index contributed by atoms with van der Waals surface area (Å²) in [6, 6.07) is 28.9. The highest BCUT2D eigenvalue weighted by molar-refractivity contribution is 7.92. The van der Waals surface area contributed by atoms with Crippen LogP contribution in [0.2, 0.25) is 0 Å². The monoisotopic (exact) mass is 615 g/mol. The predicted molar refractivity (Wildman–Crippen MR) is 171 cm³/mol. The van der Waals surface area contributed by atoms with Crippen molar-refractivity contribution in [2.24, 2.45) is 0 Å². The lowest BCUT2D eigenvalue weighted by molar-refractivity contribution is -0.140. The van der Waals surface area contributed by atoms with E-state index in [0.717, 1.165) is 15.4 Å². The highest BCUT2D eigenvalue weighted by Crippen LogP contribution is 2.25. The second-order valence-electron chi connectivity index (χ2n) is 11.7. The van der Waals surface area contributed by atoms with Crippen molar-refractivity contribution < 1.29 is 22.4 Å². The van der Waals surface area contributed by atoms with Crippen LogP contribution in [0, 0.1) is 12.7 Å². The number of hydrogen-bond acceptors (Lipinski definition) is 4. The smallest absolute Gasteiger partial charge is 0.264 e. The van der Waals surface area contributed by atoms with Crippen LogP contribution in [0.15, 0.2) is 114 Å². The molecule has 0 radical (unpaired) electrons. The molecular formula is C35H38FN3O4S. The molecule has 0 heterocycles. The van der Waals surface area contributed by atoms with E-state index >= 15 is 4.39 Å². The van der Waals surface area contributed by atoms with Gasteiger partial charge in [-0.15, -0.1) is 0 Å². The zero-order chi connectivity index (χ0) is 31.9. The van der Waals surface area contributed by atoms with E-state index in [9.17, 15) is 18.0 Å². The van der Waals surface area contributed by atoms with Crippen LogP contribution in [-0.4, -0.2) is 43.3 Å². The zero-order valence-corrected chi connectivity index (χ0v) is 26.2. The number of sulfonamides is 1. The Balaban J connectivity index is 1.81. The summed E-state index contributed by atoms with van der Waals surface area (Å²) in [5, 5.41) is 2.96. The van der Waals surface area contributed by atoms with Crippen molar-refractivity contribution in [1.29, 1.82) is 0 Å². The quantitative estimate of drug-likeness (QED) is 0.228. The Morgan fingerprint density at radius 3 is 1.98 bits per heavy atom. The molecule has 4 aromatic carbocycles. The second kappa shape index (κ2) is 13.9. The number of amides is 2. The van der Waals surface area contributed by atoms with E-state index < -0.39 is 45.8 Å². The normalized spacial score (nSPS) is 12.3. The standard InChI is InChI=1S/C35H38FN3O4S/c1-26-19-21-30(22-20-26)44(42,43)39(29-16-9-6-10-17-29)25-33(40)38(24-28-15-11-12-18-31(28)36)32(34(41)37-35(2,3)4)23-27-13-7-5-8-14-27/h5-22,32H,23-25H2,1-4H3,(H,37,41)/t32-/m1/s1. The molecular weight excluding hydrogens is 577 g/mol. The molecule has 0 fully saturated rings. The van der Waals surface area contributed by atoms with Crippen molar-refractivity contribution in [3.8, 4) is 0 Å². The van der Waals surface area contributed by atoms with Crippen LogP contribution < -0.4 is 9.62 Å². The van der Waals surface area contributed by atoms with Gasteiger partial charge in [0.2, 0.25) is 11.8 Å². The van der Waals surface area contributed by atoms with Crippen LogP contribution in [0.4, 0.5) is 10.1 Å². The molecule has 44 heavy (non-hydrogen) atoms. The van der Waals surface area contributed by atoms with E-state index in [4.69, 9.17) is 0 Å². The van der Waals surface area contributed by atoms with Gasteiger partial charge < -0.3 is 10.2 Å². The average Bonchev–Trinajstić information content (AvgIpc) is 2.98. The highest BCUT2D eigenvalue weighted by atomic mass is 32.2. The molecule has 1 atom stereocenters. The number of halogens is 1. The molecule has 0 bridgehead atoms. The summed E-state index contributed by atoms with van der Waals surface area (Å²) in [5.41, 5.74) is 1.54. The first-order valence-corrected chi connectivity index (χ1v) is 15.8. The molecule has 7 nitrogen and oxygen atoms in total. The molecule has 1 N–H and O–H groups in total. The minimum absolute atomic E-state index is 0.0201. The third-order valence-electron chi connectivity index (χ3n) is 7.00. The van der Waals surface area contributed by atoms with Gasteiger partial charge in [-0.3, -0.25) is 13.9 Å². The van der Waals surface area contributed by atoms with Crippen LogP contribution in [0.5, 0.6) is 0 Å². The van der Waals surface area contributed by atoms with Gasteiger partial charge in [0, 0.05) is 24.1 Å². The molecule has 230 valence electrons. The number of rotatable bonds is 11. The van der Waals surface area contributed by atoms with Crippen molar-refractivity contribution >= 4 is 27.5 Å². The van der Waals surface area contributed by atoms with Crippen molar-refractivity contribution in [1.82, 2.24) is 10.2 Å². The molecule has 0 saturated heterocycles. The Labute approximate surface area is 259 Å². The lowest BCUT2D eigenvalue weighted by Crippen LogP contribution is -2.56. The van der Waals surface area contributed by atoms with Gasteiger partial charge in [-0.25, -0.2) is 12.8 Å². The maximum Gasteiger partial charge on any atom is 0.264 e. The molecule has 4 rings (SSSR count). The van der Waals surface area contributed by atoms with Gasteiger partial charge in [0.1, 0.15) is 18.4 Å². The number of nitrogens with one attached hydrogen (secondary N) is 1. The van der Waals surface area contributed by atoms with Crippen LogP contribution in [0.3, 0.4) is 0 Å². The Bertz CT molecular complexity index is 1670. The molecule has 0 unspecified atom stereocenters. The van der Waals surface area contributed by atoms with Gasteiger partial charge in [0.05, 0.1) is 10.6 Å². The van der Waals surface area contributed by atoms with Gasteiger partial charge in [-0.1, -0.05) is 84.4 Å². The topological polar surface area (TPSA) is 86.8 Å². The van der Waals surface area contributed by atoms with E-state index in [2.05, 4.69) is 5.32 Å². The largest absolute Gasteiger partial charge is 0.350 e. The van der Waals surface area contributed by atoms with E-state index in [1.165, 1.54) is 23.1 Å². The van der Waals surface area contributed by atoms with Crippen LogP contribution in [0.25, 0.3) is 0 Å². The summed E-state index contributed by atoms with van der Waals surface area (Å²) < 4.78 is 44.1. The molecule has 0 aliphatic rings. The minimum atomic E-state index is -4.20. The first-order chi connectivity index (χ1) is 20.8. The summed E-state index contributed by atoms with van der Waals surface area (Å²) in [7, 11) is -4.20. The first-order valence-electron chi connectivity index (χ1n) is 14.4. The predicted octanol–water partition coefficient (Wildman–Crippen LogP) is 5.88. The number of para-hydroxylation sites is 1. The van der Waals surface area contributed by atoms with Gasteiger partial charge in [0.15, 0.2) is 0 Å². The first kappa shape index (κ1) is 32.4. The summed E-state index contributed by atoms with van der Waals surface area (Å²) in [4.78, 5) is 29.6. The van der Waals surface area contributed by atoms with Crippen LogP contribution in [-0.2, 0) is 32.6 Å². The number of benzene rings is 4. The SMILES string of the molecule is Cc1ccc(S(=O)(=O)N(CC(=O)N(Cc2ccccc2F)[C@H](Cc2ccccc2)C(=O)NC(C)(C)C)c2ccccc2)cc1. The average molecular weight is 616 g/mol.